The van der Waals surface area contributed by atoms with Gasteiger partial charge in [-0.05, 0) is 51.2 Å². The molecule has 0 spiro atoms. The summed E-state index contributed by atoms with van der Waals surface area (Å²) in [4.78, 5) is 0. The highest BCUT2D eigenvalue weighted by Crippen LogP contribution is 2.20. The Labute approximate surface area is 80.5 Å². The molecule has 76 valence electrons. The van der Waals surface area contributed by atoms with Crippen molar-refractivity contribution in [3.8, 4) is 0 Å². The van der Waals surface area contributed by atoms with E-state index in [0.29, 0.717) is 12.1 Å². The van der Waals surface area contributed by atoms with Gasteiger partial charge >= 0.3 is 0 Å². The summed E-state index contributed by atoms with van der Waals surface area (Å²) >= 11 is 0. The molecule has 0 saturated carbocycles. The lowest BCUT2D eigenvalue weighted by molar-refractivity contribution is 0.223. The van der Waals surface area contributed by atoms with Crippen molar-refractivity contribution in [3.63, 3.8) is 0 Å². The van der Waals surface area contributed by atoms with Crippen molar-refractivity contribution in [3.05, 3.63) is 0 Å². The minimum Gasteiger partial charge on any atom is -0.326 e. The molecule has 0 aliphatic carbocycles. The predicted molar refractivity (Wildman–Crippen MR) is 54.6 cm³/mol. The normalized spacial score (nSPS) is 41.8. The molecular weight excluding hydrogens is 162 g/mol. The first-order valence-electron chi connectivity index (χ1n) is 5.57. The zero-order valence-corrected chi connectivity index (χ0v) is 8.26. The van der Waals surface area contributed by atoms with E-state index in [0.717, 1.165) is 19.0 Å². The first-order valence-corrected chi connectivity index (χ1v) is 5.57. The first-order chi connectivity index (χ1) is 6.38. The zero-order valence-electron chi connectivity index (χ0n) is 8.26. The van der Waals surface area contributed by atoms with E-state index in [2.05, 4.69) is 10.6 Å². The van der Waals surface area contributed by atoms with Crippen molar-refractivity contribution in [2.75, 3.05) is 19.6 Å². The Bertz CT molecular complexity index is 154. The molecule has 2 saturated heterocycles. The molecular formula is C10H21N3. The van der Waals surface area contributed by atoms with Gasteiger partial charge < -0.3 is 16.4 Å². The standard InChI is InChI=1S/C10H21N3/c11-9-4-2-6-13-10(9)8-3-1-5-12-7-8/h8-10,12-13H,1-7,11H2. The van der Waals surface area contributed by atoms with E-state index in [4.69, 9.17) is 5.73 Å². The summed E-state index contributed by atoms with van der Waals surface area (Å²) in [6.07, 6.45) is 5.11. The van der Waals surface area contributed by atoms with Crippen LogP contribution in [0, 0.1) is 5.92 Å². The summed E-state index contributed by atoms with van der Waals surface area (Å²) in [5.74, 6) is 0.768. The van der Waals surface area contributed by atoms with Crippen LogP contribution in [0.1, 0.15) is 25.7 Å². The number of nitrogens with one attached hydrogen (secondary N) is 2. The van der Waals surface area contributed by atoms with E-state index in [1.54, 1.807) is 0 Å². The van der Waals surface area contributed by atoms with E-state index in [1.165, 1.54) is 32.2 Å². The van der Waals surface area contributed by atoms with Gasteiger partial charge in [0, 0.05) is 12.1 Å². The van der Waals surface area contributed by atoms with Crippen molar-refractivity contribution >= 4 is 0 Å². The molecule has 3 atom stereocenters. The number of piperidine rings is 2. The minimum atomic E-state index is 0.388. The van der Waals surface area contributed by atoms with Gasteiger partial charge in [-0.15, -0.1) is 0 Å². The van der Waals surface area contributed by atoms with E-state index in [1.807, 2.05) is 0 Å². The molecule has 2 heterocycles. The monoisotopic (exact) mass is 183 g/mol. The fourth-order valence-corrected chi connectivity index (χ4v) is 2.64. The second kappa shape index (κ2) is 4.40. The molecule has 0 aromatic carbocycles. The third-order valence-electron chi connectivity index (χ3n) is 3.40. The largest absolute Gasteiger partial charge is 0.326 e. The summed E-state index contributed by atoms with van der Waals surface area (Å²) in [5, 5.41) is 7.03. The average molecular weight is 183 g/mol. The van der Waals surface area contributed by atoms with Crippen LogP contribution in [0.3, 0.4) is 0 Å². The lowest BCUT2D eigenvalue weighted by Gasteiger charge is -2.38. The first kappa shape index (κ1) is 9.44. The zero-order chi connectivity index (χ0) is 9.10. The van der Waals surface area contributed by atoms with E-state index >= 15 is 0 Å². The van der Waals surface area contributed by atoms with Crippen molar-refractivity contribution in [2.24, 2.45) is 11.7 Å². The van der Waals surface area contributed by atoms with Crippen molar-refractivity contribution in [1.82, 2.24) is 10.6 Å². The molecule has 2 aliphatic heterocycles. The Kier molecular flexibility index (Phi) is 3.19. The predicted octanol–water partition coefficient (Wildman–Crippen LogP) is 0.0653. The quantitative estimate of drug-likeness (QED) is 0.539. The molecule has 3 unspecified atom stereocenters. The molecule has 0 radical (unpaired) electrons. The van der Waals surface area contributed by atoms with Crippen LogP contribution in [0.5, 0.6) is 0 Å². The van der Waals surface area contributed by atoms with Crippen LogP contribution in [0.4, 0.5) is 0 Å². The lowest BCUT2D eigenvalue weighted by atomic mass is 9.84. The SMILES string of the molecule is NC1CCCNC1C1CCCNC1. The molecule has 3 nitrogen and oxygen atoms in total. The second-order valence-corrected chi connectivity index (χ2v) is 4.39. The Morgan fingerprint density at radius 1 is 1.08 bits per heavy atom. The molecule has 3 heteroatoms. The van der Waals surface area contributed by atoms with Gasteiger partial charge in [0.05, 0.1) is 0 Å². The Morgan fingerprint density at radius 2 is 1.92 bits per heavy atom. The third-order valence-corrected chi connectivity index (χ3v) is 3.40. The maximum Gasteiger partial charge on any atom is 0.0259 e. The highest BCUT2D eigenvalue weighted by molar-refractivity contribution is 4.91. The van der Waals surface area contributed by atoms with Gasteiger partial charge in [-0.3, -0.25) is 0 Å². The Morgan fingerprint density at radius 3 is 2.62 bits per heavy atom. The number of hydrogen-bond donors (Lipinski definition) is 3. The fourth-order valence-electron chi connectivity index (χ4n) is 2.64. The van der Waals surface area contributed by atoms with Crippen molar-refractivity contribution < 1.29 is 0 Å². The highest BCUT2D eigenvalue weighted by atomic mass is 15.0. The number of rotatable bonds is 1. The van der Waals surface area contributed by atoms with E-state index < -0.39 is 0 Å². The van der Waals surface area contributed by atoms with Crippen LogP contribution in [0.2, 0.25) is 0 Å². The second-order valence-electron chi connectivity index (χ2n) is 4.39. The van der Waals surface area contributed by atoms with Crippen LogP contribution < -0.4 is 16.4 Å². The summed E-state index contributed by atoms with van der Waals surface area (Å²) < 4.78 is 0. The van der Waals surface area contributed by atoms with E-state index in [-0.39, 0.29) is 0 Å². The topological polar surface area (TPSA) is 50.1 Å². The van der Waals surface area contributed by atoms with Gasteiger partial charge in [0.15, 0.2) is 0 Å². The summed E-state index contributed by atoms with van der Waals surface area (Å²) in [6, 6.07) is 0.959. The van der Waals surface area contributed by atoms with Crippen LogP contribution in [0.25, 0.3) is 0 Å². The van der Waals surface area contributed by atoms with Crippen LogP contribution in [0.15, 0.2) is 0 Å². The van der Waals surface area contributed by atoms with Crippen molar-refractivity contribution in [2.45, 2.75) is 37.8 Å². The molecule has 2 aliphatic rings. The molecule has 2 rings (SSSR count). The van der Waals surface area contributed by atoms with Gasteiger partial charge in [0.1, 0.15) is 0 Å². The third kappa shape index (κ3) is 2.22. The van der Waals surface area contributed by atoms with Gasteiger partial charge in [-0.25, -0.2) is 0 Å². The molecule has 0 bridgehead atoms. The molecule has 4 N–H and O–H groups in total. The maximum atomic E-state index is 6.12. The van der Waals surface area contributed by atoms with Gasteiger partial charge in [0.2, 0.25) is 0 Å². The summed E-state index contributed by atoms with van der Waals surface area (Å²) in [7, 11) is 0. The van der Waals surface area contributed by atoms with E-state index in [9.17, 15) is 0 Å². The fraction of sp³-hybridized carbons (Fsp3) is 1.00. The van der Waals surface area contributed by atoms with Gasteiger partial charge in [0.25, 0.3) is 0 Å². The Hall–Kier alpha value is -0.120. The summed E-state index contributed by atoms with van der Waals surface area (Å²) in [5.41, 5.74) is 6.12. The van der Waals surface area contributed by atoms with Crippen molar-refractivity contribution in [1.29, 1.82) is 0 Å². The minimum absolute atomic E-state index is 0.388. The number of hydrogen-bond acceptors (Lipinski definition) is 3. The molecule has 13 heavy (non-hydrogen) atoms. The van der Waals surface area contributed by atoms with Crippen LogP contribution >= 0.6 is 0 Å². The average Bonchev–Trinajstić information content (AvgIpc) is 2.20. The molecule has 0 amide bonds. The highest BCUT2D eigenvalue weighted by Gasteiger charge is 2.29. The molecule has 2 fully saturated rings. The van der Waals surface area contributed by atoms with Gasteiger partial charge in [-0.2, -0.15) is 0 Å². The Balaban J connectivity index is 1.88. The maximum absolute atomic E-state index is 6.12. The molecule has 0 aromatic rings. The number of nitrogens with two attached hydrogens (primary N) is 1. The summed E-state index contributed by atoms with van der Waals surface area (Å²) in [6.45, 7) is 3.51. The lowest BCUT2D eigenvalue weighted by Crippen LogP contribution is -2.56. The van der Waals surface area contributed by atoms with Crippen LogP contribution in [-0.2, 0) is 0 Å². The smallest absolute Gasteiger partial charge is 0.0259 e. The van der Waals surface area contributed by atoms with Crippen LogP contribution in [-0.4, -0.2) is 31.7 Å². The van der Waals surface area contributed by atoms with Gasteiger partial charge in [-0.1, -0.05) is 0 Å². The molecule has 0 aromatic heterocycles.